The van der Waals surface area contributed by atoms with Crippen LogP contribution >= 0.6 is 0 Å². The van der Waals surface area contributed by atoms with Crippen molar-refractivity contribution in [3.63, 3.8) is 0 Å². The highest BCUT2D eigenvalue weighted by Gasteiger charge is 2.19. The number of piperazine rings is 1. The van der Waals surface area contributed by atoms with E-state index < -0.39 is 0 Å². The number of fused-ring (bicyclic) bond motifs is 1. The molecule has 2 aliphatic rings. The Morgan fingerprint density at radius 2 is 1.74 bits per heavy atom. The molecule has 0 spiro atoms. The van der Waals surface area contributed by atoms with Gasteiger partial charge in [0.25, 0.3) is 0 Å². The molecule has 2 aliphatic heterocycles. The van der Waals surface area contributed by atoms with E-state index in [1.807, 2.05) is 6.07 Å². The summed E-state index contributed by atoms with van der Waals surface area (Å²) in [5.41, 5.74) is 8.29. The molecule has 1 saturated heterocycles. The Morgan fingerprint density at radius 3 is 2.48 bits per heavy atom. The average molecular weight is 368 g/mol. The molecule has 2 aromatic rings. The first-order valence-electron chi connectivity index (χ1n) is 9.20. The van der Waals surface area contributed by atoms with Crippen LogP contribution < -0.4 is 25.4 Å². The number of nitrogen functional groups attached to an aromatic ring is 1. The third-order valence-electron chi connectivity index (χ3n) is 4.97. The number of nitrogens with zero attached hydrogens (tertiary/aromatic N) is 2. The zero-order chi connectivity index (χ0) is 18.6. The smallest absolute Gasteiger partial charge is 0.231 e. The molecule has 0 radical (unpaired) electrons. The number of benzene rings is 2. The number of para-hydroxylation sites is 1. The van der Waals surface area contributed by atoms with Crippen molar-refractivity contribution in [3.05, 3.63) is 42.5 Å². The van der Waals surface area contributed by atoms with Gasteiger partial charge in [-0.25, -0.2) is 0 Å². The van der Waals surface area contributed by atoms with Gasteiger partial charge in [-0.1, -0.05) is 18.2 Å². The van der Waals surface area contributed by atoms with Gasteiger partial charge in [0.2, 0.25) is 12.7 Å². The summed E-state index contributed by atoms with van der Waals surface area (Å²) >= 11 is 0. The van der Waals surface area contributed by atoms with Crippen LogP contribution in [0.4, 0.5) is 17.1 Å². The van der Waals surface area contributed by atoms with Crippen molar-refractivity contribution < 1.29 is 14.3 Å². The van der Waals surface area contributed by atoms with Crippen molar-refractivity contribution in [3.8, 4) is 11.5 Å². The van der Waals surface area contributed by atoms with Gasteiger partial charge in [-0.05, 0) is 12.1 Å². The Labute approximate surface area is 158 Å². The summed E-state index contributed by atoms with van der Waals surface area (Å²) in [4.78, 5) is 17.0. The molecule has 0 bridgehead atoms. The fourth-order valence-corrected chi connectivity index (χ4v) is 3.41. The molecular formula is C20H24N4O3. The molecule has 0 aliphatic carbocycles. The third kappa shape index (κ3) is 4.09. The lowest BCUT2D eigenvalue weighted by molar-refractivity contribution is -0.116. The normalized spacial score (nSPS) is 16.4. The fourth-order valence-electron chi connectivity index (χ4n) is 3.41. The summed E-state index contributed by atoms with van der Waals surface area (Å²) in [6, 6.07) is 13.8. The van der Waals surface area contributed by atoms with Crippen LogP contribution in [0.1, 0.15) is 6.42 Å². The van der Waals surface area contributed by atoms with Gasteiger partial charge in [-0.3, -0.25) is 9.69 Å². The number of carbonyl (C=O) groups is 1. The van der Waals surface area contributed by atoms with Crippen molar-refractivity contribution >= 4 is 23.0 Å². The van der Waals surface area contributed by atoms with Gasteiger partial charge in [-0.15, -0.1) is 0 Å². The van der Waals surface area contributed by atoms with Crippen LogP contribution in [-0.2, 0) is 4.79 Å². The lowest BCUT2D eigenvalue weighted by Crippen LogP contribution is -2.47. The fraction of sp³-hybridized carbons (Fsp3) is 0.350. The van der Waals surface area contributed by atoms with Crippen molar-refractivity contribution in [2.24, 2.45) is 0 Å². The van der Waals surface area contributed by atoms with Crippen LogP contribution in [0.2, 0.25) is 0 Å². The predicted molar refractivity (Wildman–Crippen MR) is 105 cm³/mol. The summed E-state index contributed by atoms with van der Waals surface area (Å²) in [6.07, 6.45) is 0.430. The molecule has 0 atom stereocenters. The predicted octanol–water partition coefficient (Wildman–Crippen LogP) is 2.15. The number of hydrogen-bond donors (Lipinski definition) is 2. The van der Waals surface area contributed by atoms with Crippen molar-refractivity contribution in [2.45, 2.75) is 6.42 Å². The third-order valence-corrected chi connectivity index (χ3v) is 4.97. The molecule has 0 unspecified atom stereocenters. The molecule has 3 N–H and O–H groups in total. The topological polar surface area (TPSA) is 80.1 Å². The van der Waals surface area contributed by atoms with E-state index in [0.29, 0.717) is 29.3 Å². The largest absolute Gasteiger partial charge is 0.454 e. The number of nitrogens with one attached hydrogen (secondary N) is 1. The molecule has 7 nitrogen and oxygen atoms in total. The van der Waals surface area contributed by atoms with Gasteiger partial charge in [0.15, 0.2) is 11.5 Å². The monoisotopic (exact) mass is 368 g/mol. The van der Waals surface area contributed by atoms with Crippen LogP contribution in [0.15, 0.2) is 42.5 Å². The van der Waals surface area contributed by atoms with Crippen LogP contribution in [0.5, 0.6) is 11.5 Å². The first-order chi connectivity index (χ1) is 13.2. The van der Waals surface area contributed by atoms with Crippen molar-refractivity contribution in [1.29, 1.82) is 0 Å². The second kappa shape index (κ2) is 7.75. The Bertz CT molecular complexity index is 804. The van der Waals surface area contributed by atoms with Gasteiger partial charge in [0.1, 0.15) is 0 Å². The van der Waals surface area contributed by atoms with Gasteiger partial charge in [0, 0.05) is 57.0 Å². The number of rotatable bonds is 5. The maximum absolute atomic E-state index is 12.3. The Kier molecular flexibility index (Phi) is 5.02. The second-order valence-electron chi connectivity index (χ2n) is 6.76. The maximum Gasteiger partial charge on any atom is 0.231 e. The summed E-state index contributed by atoms with van der Waals surface area (Å²) in [5, 5.41) is 2.88. The lowest BCUT2D eigenvalue weighted by atomic mass is 10.2. The van der Waals surface area contributed by atoms with E-state index in [4.69, 9.17) is 15.2 Å². The molecule has 27 heavy (non-hydrogen) atoms. The average Bonchev–Trinajstić information content (AvgIpc) is 3.15. The molecule has 7 heteroatoms. The van der Waals surface area contributed by atoms with Crippen molar-refractivity contribution in [1.82, 2.24) is 4.90 Å². The van der Waals surface area contributed by atoms with Crippen LogP contribution in [0.25, 0.3) is 0 Å². The Morgan fingerprint density at radius 1 is 1.04 bits per heavy atom. The number of hydrogen-bond acceptors (Lipinski definition) is 6. The van der Waals surface area contributed by atoms with Gasteiger partial charge in [-0.2, -0.15) is 0 Å². The minimum atomic E-state index is -0.0499. The standard InChI is InChI=1S/C20H24N4O3/c21-16-12-18-19(27-14-26-18)13-17(16)22-20(25)6-7-23-8-10-24(11-9-23)15-4-2-1-3-5-15/h1-5,12-13H,6-11,14,21H2,(H,22,25). The van der Waals surface area contributed by atoms with E-state index >= 15 is 0 Å². The number of nitrogens with two attached hydrogens (primary N) is 1. The molecule has 4 rings (SSSR count). The molecule has 1 amide bonds. The summed E-state index contributed by atoms with van der Waals surface area (Å²) in [6.45, 7) is 4.77. The minimum Gasteiger partial charge on any atom is -0.454 e. The first kappa shape index (κ1) is 17.5. The van der Waals surface area contributed by atoms with E-state index in [9.17, 15) is 4.79 Å². The molecule has 2 heterocycles. The van der Waals surface area contributed by atoms with Crippen molar-refractivity contribution in [2.75, 3.05) is 55.5 Å². The summed E-state index contributed by atoms with van der Waals surface area (Å²) in [5.74, 6) is 1.17. The van der Waals surface area contributed by atoms with Gasteiger partial charge in [0.05, 0.1) is 11.4 Å². The SMILES string of the molecule is Nc1cc2c(cc1NC(=O)CCN1CCN(c3ccccc3)CC1)OCO2. The van der Waals surface area contributed by atoms with Gasteiger partial charge < -0.3 is 25.4 Å². The highest BCUT2D eigenvalue weighted by molar-refractivity contribution is 5.94. The van der Waals surface area contributed by atoms with E-state index in [1.165, 1.54) is 5.69 Å². The van der Waals surface area contributed by atoms with Crippen LogP contribution in [-0.4, -0.2) is 50.3 Å². The molecule has 1 fully saturated rings. The zero-order valence-electron chi connectivity index (χ0n) is 15.2. The summed E-state index contributed by atoms with van der Waals surface area (Å²) in [7, 11) is 0. The van der Waals surface area contributed by atoms with E-state index in [-0.39, 0.29) is 12.7 Å². The molecule has 0 aromatic heterocycles. The molecule has 0 saturated carbocycles. The maximum atomic E-state index is 12.3. The zero-order valence-corrected chi connectivity index (χ0v) is 15.2. The van der Waals surface area contributed by atoms with Crippen LogP contribution in [0.3, 0.4) is 0 Å². The highest BCUT2D eigenvalue weighted by atomic mass is 16.7. The number of amides is 1. The Hall–Kier alpha value is -2.93. The quantitative estimate of drug-likeness (QED) is 0.787. The van der Waals surface area contributed by atoms with Gasteiger partial charge >= 0.3 is 0 Å². The van der Waals surface area contributed by atoms with E-state index in [2.05, 4.69) is 39.4 Å². The molecular weight excluding hydrogens is 344 g/mol. The molecule has 142 valence electrons. The van der Waals surface area contributed by atoms with E-state index in [0.717, 1.165) is 32.7 Å². The minimum absolute atomic E-state index is 0.0499. The lowest BCUT2D eigenvalue weighted by Gasteiger charge is -2.36. The van der Waals surface area contributed by atoms with Crippen LogP contribution in [0, 0.1) is 0 Å². The number of ether oxygens (including phenoxy) is 2. The Balaban J connectivity index is 1.25. The highest BCUT2D eigenvalue weighted by Crippen LogP contribution is 2.38. The number of carbonyl (C=O) groups excluding carboxylic acids is 1. The second-order valence-corrected chi connectivity index (χ2v) is 6.76. The first-order valence-corrected chi connectivity index (χ1v) is 9.20. The number of anilines is 3. The molecule has 2 aromatic carbocycles. The summed E-state index contributed by atoms with van der Waals surface area (Å²) < 4.78 is 10.6. The van der Waals surface area contributed by atoms with E-state index in [1.54, 1.807) is 12.1 Å².